The third kappa shape index (κ3) is 3.15. The number of hydrogen-bond donors (Lipinski definition) is 1. The normalized spacial score (nSPS) is 10.1. The molecular weight excluding hydrogens is 333 g/mol. The van der Waals surface area contributed by atoms with Crippen molar-refractivity contribution in [3.63, 3.8) is 0 Å². The van der Waals surface area contributed by atoms with Crippen molar-refractivity contribution < 1.29 is 14.1 Å². The molecule has 0 aliphatic heterocycles. The van der Waals surface area contributed by atoms with Gasteiger partial charge in [0.2, 0.25) is 5.95 Å². The molecule has 1 aromatic heterocycles. The van der Waals surface area contributed by atoms with E-state index in [9.17, 15) is 19.3 Å². The minimum atomic E-state index is -0.712. The average molecular weight is 340 g/mol. The van der Waals surface area contributed by atoms with Gasteiger partial charge in [0.1, 0.15) is 5.69 Å². The largest absolute Gasteiger partial charge is 0.316 e. The van der Waals surface area contributed by atoms with E-state index in [2.05, 4.69) is 26.2 Å². The van der Waals surface area contributed by atoms with Crippen molar-refractivity contribution in [3.05, 3.63) is 62.6 Å². The molecule has 0 bridgehead atoms. The molecule has 0 aliphatic rings. The van der Waals surface area contributed by atoms with Gasteiger partial charge in [-0.05, 0) is 24.3 Å². The number of rotatable bonds is 3. The highest BCUT2D eigenvalue weighted by Crippen LogP contribution is 2.28. The lowest BCUT2D eigenvalue weighted by molar-refractivity contribution is -0.384. The molecule has 2 rings (SSSR count). The summed E-state index contributed by atoms with van der Waals surface area (Å²) in [5.41, 5.74) is -0.0982. The maximum Gasteiger partial charge on any atom is 0.293 e. The smallest absolute Gasteiger partial charge is 0.293 e. The third-order valence-electron chi connectivity index (χ3n) is 2.39. The summed E-state index contributed by atoms with van der Waals surface area (Å²) in [6.45, 7) is 0. The Balaban J connectivity index is 2.28. The number of nitrogens with one attached hydrogen (secondary N) is 1. The van der Waals surface area contributed by atoms with Crippen molar-refractivity contribution in [1.82, 2.24) is 4.98 Å². The van der Waals surface area contributed by atoms with Crippen molar-refractivity contribution in [2.24, 2.45) is 0 Å². The Morgan fingerprint density at radius 2 is 2.10 bits per heavy atom. The first-order valence-electron chi connectivity index (χ1n) is 5.34. The second-order valence-electron chi connectivity index (χ2n) is 3.74. The molecule has 20 heavy (non-hydrogen) atoms. The number of amides is 1. The van der Waals surface area contributed by atoms with Gasteiger partial charge in [-0.1, -0.05) is 15.9 Å². The topological polar surface area (TPSA) is 85.1 Å². The Labute approximate surface area is 120 Å². The molecule has 1 amide bonds. The highest BCUT2D eigenvalue weighted by Gasteiger charge is 2.17. The van der Waals surface area contributed by atoms with Gasteiger partial charge in [0.05, 0.1) is 10.5 Å². The molecule has 8 heteroatoms. The van der Waals surface area contributed by atoms with Gasteiger partial charge in [-0.25, -0.2) is 4.98 Å². The summed E-state index contributed by atoms with van der Waals surface area (Å²) in [7, 11) is 0. The lowest BCUT2D eigenvalue weighted by Crippen LogP contribution is -2.13. The predicted octanol–water partition coefficient (Wildman–Crippen LogP) is 3.14. The van der Waals surface area contributed by atoms with Gasteiger partial charge in [0, 0.05) is 16.7 Å². The zero-order valence-electron chi connectivity index (χ0n) is 9.84. The summed E-state index contributed by atoms with van der Waals surface area (Å²) in [5, 5.41) is 13.3. The van der Waals surface area contributed by atoms with Gasteiger partial charge >= 0.3 is 0 Å². The van der Waals surface area contributed by atoms with Crippen LogP contribution in [0.2, 0.25) is 0 Å². The summed E-state index contributed by atoms with van der Waals surface area (Å²) in [5.74, 6) is -1.32. The predicted molar refractivity (Wildman–Crippen MR) is 72.9 cm³/mol. The highest BCUT2D eigenvalue weighted by atomic mass is 79.9. The zero-order valence-corrected chi connectivity index (χ0v) is 11.4. The second kappa shape index (κ2) is 5.74. The Kier molecular flexibility index (Phi) is 4.04. The number of nitrogens with zero attached hydrogens (tertiary/aromatic N) is 2. The number of carbonyl (C=O) groups excluding carboxylic acids is 1. The van der Waals surface area contributed by atoms with E-state index in [4.69, 9.17) is 0 Å². The third-order valence-corrected chi connectivity index (χ3v) is 2.89. The second-order valence-corrected chi connectivity index (χ2v) is 4.66. The van der Waals surface area contributed by atoms with Crippen LogP contribution >= 0.6 is 15.9 Å². The van der Waals surface area contributed by atoms with Gasteiger partial charge in [-0.3, -0.25) is 14.9 Å². The molecule has 0 radical (unpaired) electrons. The first-order valence-corrected chi connectivity index (χ1v) is 6.13. The van der Waals surface area contributed by atoms with Crippen LogP contribution in [0.15, 0.2) is 41.0 Å². The van der Waals surface area contributed by atoms with Crippen LogP contribution in [0.1, 0.15) is 10.4 Å². The molecule has 0 spiro atoms. The number of benzene rings is 1. The molecule has 0 unspecified atom stereocenters. The Morgan fingerprint density at radius 3 is 2.70 bits per heavy atom. The van der Waals surface area contributed by atoms with Crippen molar-refractivity contribution in [2.45, 2.75) is 0 Å². The van der Waals surface area contributed by atoms with E-state index in [1.807, 2.05) is 0 Å². The quantitative estimate of drug-likeness (QED) is 0.528. The van der Waals surface area contributed by atoms with Crippen LogP contribution in [0.3, 0.4) is 0 Å². The number of halogens is 2. The van der Waals surface area contributed by atoms with Gasteiger partial charge in [-0.15, -0.1) is 0 Å². The number of pyridine rings is 1. The minimum absolute atomic E-state index is 0.0486. The molecule has 0 saturated carbocycles. The number of nitro benzene ring substituents is 1. The van der Waals surface area contributed by atoms with Gasteiger partial charge < -0.3 is 5.32 Å². The minimum Gasteiger partial charge on any atom is -0.316 e. The Morgan fingerprint density at radius 1 is 1.35 bits per heavy atom. The molecular formula is C12H7BrFN3O3. The summed E-state index contributed by atoms with van der Waals surface area (Å²) < 4.78 is 13.2. The van der Waals surface area contributed by atoms with E-state index in [0.717, 1.165) is 12.3 Å². The fourth-order valence-electron chi connectivity index (χ4n) is 1.47. The summed E-state index contributed by atoms with van der Waals surface area (Å²) in [6, 6.07) is 6.51. The van der Waals surface area contributed by atoms with E-state index in [-0.39, 0.29) is 16.9 Å². The standard InChI is InChI=1S/C12H7BrFN3O3/c13-8-2-3-9(10(5-8)17(19)20)16-12(18)7-1-4-11(14)15-6-7/h1-6H,(H,16,18). The fourth-order valence-corrected chi connectivity index (χ4v) is 1.82. The number of nitro groups is 1. The molecule has 102 valence electrons. The summed E-state index contributed by atoms with van der Waals surface area (Å²) in [6.07, 6.45) is 1.05. The molecule has 1 heterocycles. The Hall–Kier alpha value is -2.35. The number of hydrogen-bond acceptors (Lipinski definition) is 4. The van der Waals surface area contributed by atoms with E-state index in [0.29, 0.717) is 4.47 Å². The maximum atomic E-state index is 12.7. The van der Waals surface area contributed by atoms with Gasteiger partial charge in [0.25, 0.3) is 11.6 Å². The van der Waals surface area contributed by atoms with Gasteiger partial charge in [-0.2, -0.15) is 4.39 Å². The Bertz CT molecular complexity index is 676. The van der Waals surface area contributed by atoms with E-state index >= 15 is 0 Å². The molecule has 0 aliphatic carbocycles. The summed E-state index contributed by atoms with van der Waals surface area (Å²) in [4.78, 5) is 25.5. The summed E-state index contributed by atoms with van der Waals surface area (Å²) >= 11 is 3.11. The molecule has 2 aromatic rings. The van der Waals surface area contributed by atoms with Crippen LogP contribution in [0.25, 0.3) is 0 Å². The maximum absolute atomic E-state index is 12.7. The number of carbonyl (C=O) groups is 1. The number of aromatic nitrogens is 1. The molecule has 0 saturated heterocycles. The lowest BCUT2D eigenvalue weighted by Gasteiger charge is -2.06. The monoisotopic (exact) mass is 339 g/mol. The molecule has 0 fully saturated rings. The van der Waals surface area contributed by atoms with Crippen molar-refractivity contribution in [1.29, 1.82) is 0 Å². The van der Waals surface area contributed by atoms with Crippen LogP contribution in [-0.2, 0) is 0 Å². The van der Waals surface area contributed by atoms with E-state index in [1.165, 1.54) is 18.2 Å². The van der Waals surface area contributed by atoms with Crippen molar-refractivity contribution in [2.75, 3.05) is 5.32 Å². The fraction of sp³-hybridized carbons (Fsp3) is 0. The SMILES string of the molecule is O=C(Nc1ccc(Br)cc1[N+](=O)[O-])c1ccc(F)nc1. The van der Waals surface area contributed by atoms with Crippen LogP contribution in [-0.4, -0.2) is 15.8 Å². The van der Waals surface area contributed by atoms with Crippen molar-refractivity contribution >= 4 is 33.2 Å². The van der Waals surface area contributed by atoms with Crippen LogP contribution in [0.4, 0.5) is 15.8 Å². The molecule has 1 N–H and O–H groups in total. The van der Waals surface area contributed by atoms with E-state index < -0.39 is 16.8 Å². The van der Waals surface area contributed by atoms with Crippen LogP contribution < -0.4 is 5.32 Å². The highest BCUT2D eigenvalue weighted by molar-refractivity contribution is 9.10. The van der Waals surface area contributed by atoms with Crippen molar-refractivity contribution in [3.8, 4) is 0 Å². The first-order chi connectivity index (χ1) is 9.47. The molecule has 0 atom stereocenters. The van der Waals surface area contributed by atoms with Crippen LogP contribution in [0.5, 0.6) is 0 Å². The molecule has 1 aromatic carbocycles. The van der Waals surface area contributed by atoms with Crippen LogP contribution in [0, 0.1) is 16.1 Å². The molecule has 6 nitrogen and oxygen atoms in total. The van der Waals surface area contributed by atoms with Gasteiger partial charge in [0.15, 0.2) is 0 Å². The lowest BCUT2D eigenvalue weighted by atomic mass is 10.2. The van der Waals surface area contributed by atoms with E-state index in [1.54, 1.807) is 6.07 Å². The number of anilines is 1. The first kappa shape index (κ1) is 14.1. The zero-order chi connectivity index (χ0) is 14.7. The average Bonchev–Trinajstić information content (AvgIpc) is 2.41.